The molecule has 5 heteroatoms. The van der Waals surface area contributed by atoms with Gasteiger partial charge in [-0.3, -0.25) is 0 Å². The summed E-state index contributed by atoms with van der Waals surface area (Å²) >= 11 is 11.5. The lowest BCUT2D eigenvalue weighted by Crippen LogP contribution is -2.08. The molecule has 1 aliphatic rings. The molecule has 1 aromatic heterocycles. The SMILES string of the molecule is CCOC(=O)c1[nH]c2ccccc2c1C1=CC(=S)CC(Cl)=C1. The van der Waals surface area contributed by atoms with Crippen LogP contribution in [-0.4, -0.2) is 22.4 Å². The van der Waals surface area contributed by atoms with Crippen LogP contribution in [0.15, 0.2) is 41.4 Å². The fraction of sp³-hybridized carbons (Fsp3) is 0.176. The molecule has 0 unspecified atom stereocenters. The number of para-hydroxylation sites is 1. The maximum Gasteiger partial charge on any atom is 0.355 e. The number of carbonyl (C=O) groups is 1. The molecule has 1 N–H and O–H groups in total. The first-order valence-electron chi connectivity index (χ1n) is 6.99. The van der Waals surface area contributed by atoms with Crippen molar-refractivity contribution in [3.05, 3.63) is 52.7 Å². The number of ether oxygens (including phenoxy) is 1. The van der Waals surface area contributed by atoms with E-state index in [1.807, 2.05) is 36.4 Å². The zero-order valence-electron chi connectivity index (χ0n) is 12.0. The second-order valence-electron chi connectivity index (χ2n) is 4.98. The second-order valence-corrected chi connectivity index (χ2v) is 5.98. The van der Waals surface area contributed by atoms with Crippen molar-refractivity contribution in [2.45, 2.75) is 13.3 Å². The molecule has 0 saturated carbocycles. The minimum atomic E-state index is -0.379. The minimum absolute atomic E-state index is 0.321. The lowest BCUT2D eigenvalue weighted by molar-refractivity contribution is 0.0520. The van der Waals surface area contributed by atoms with Gasteiger partial charge in [-0.1, -0.05) is 42.0 Å². The van der Waals surface area contributed by atoms with Crippen LogP contribution in [-0.2, 0) is 4.74 Å². The van der Waals surface area contributed by atoms with E-state index in [0.717, 1.165) is 26.9 Å². The molecule has 0 atom stereocenters. The molecule has 0 spiro atoms. The molecule has 0 fully saturated rings. The quantitative estimate of drug-likeness (QED) is 0.659. The summed E-state index contributed by atoms with van der Waals surface area (Å²) in [4.78, 5) is 16.2. The van der Waals surface area contributed by atoms with E-state index in [1.54, 1.807) is 6.92 Å². The van der Waals surface area contributed by atoms with Gasteiger partial charge in [-0.25, -0.2) is 4.79 Å². The fourth-order valence-electron chi connectivity index (χ4n) is 2.59. The van der Waals surface area contributed by atoms with Gasteiger partial charge in [0.05, 0.1) is 6.61 Å². The molecule has 22 heavy (non-hydrogen) atoms. The van der Waals surface area contributed by atoms with Crippen LogP contribution in [0.4, 0.5) is 0 Å². The van der Waals surface area contributed by atoms with E-state index in [2.05, 4.69) is 4.98 Å². The van der Waals surface area contributed by atoms with Crippen molar-refractivity contribution in [3.8, 4) is 0 Å². The van der Waals surface area contributed by atoms with Crippen molar-refractivity contribution in [2.24, 2.45) is 0 Å². The van der Waals surface area contributed by atoms with Crippen LogP contribution in [0.1, 0.15) is 29.4 Å². The molecule has 0 radical (unpaired) electrons. The standard InChI is InChI=1S/C17H14ClNO2S/c1-2-21-17(20)16-15(10-7-11(18)9-12(22)8-10)13-5-3-4-6-14(13)19-16/h3-8,19H,2,9H2,1H3. The smallest absolute Gasteiger partial charge is 0.355 e. The van der Waals surface area contributed by atoms with E-state index in [1.165, 1.54) is 0 Å². The van der Waals surface area contributed by atoms with Crippen LogP contribution < -0.4 is 0 Å². The first-order valence-corrected chi connectivity index (χ1v) is 7.77. The van der Waals surface area contributed by atoms with Crippen molar-refractivity contribution in [1.82, 2.24) is 4.98 Å². The Morgan fingerprint density at radius 2 is 2.14 bits per heavy atom. The van der Waals surface area contributed by atoms with Crippen LogP contribution in [0.5, 0.6) is 0 Å². The number of hydrogen-bond acceptors (Lipinski definition) is 3. The highest BCUT2D eigenvalue weighted by Gasteiger charge is 2.22. The highest BCUT2D eigenvalue weighted by Crippen LogP contribution is 2.34. The number of rotatable bonds is 3. The lowest BCUT2D eigenvalue weighted by Gasteiger charge is -2.12. The summed E-state index contributed by atoms with van der Waals surface area (Å²) in [6.45, 7) is 2.10. The van der Waals surface area contributed by atoms with Crippen LogP contribution >= 0.6 is 23.8 Å². The Bertz CT molecular complexity index is 832. The fourth-order valence-corrected chi connectivity index (χ4v) is 3.22. The summed E-state index contributed by atoms with van der Waals surface area (Å²) in [7, 11) is 0. The number of allylic oxidation sites excluding steroid dienone is 4. The van der Waals surface area contributed by atoms with Crippen molar-refractivity contribution in [1.29, 1.82) is 0 Å². The molecule has 0 aliphatic heterocycles. The first-order chi connectivity index (χ1) is 10.6. The van der Waals surface area contributed by atoms with Gasteiger partial charge in [0.2, 0.25) is 0 Å². The average molecular weight is 332 g/mol. The molecular formula is C17H14ClNO2S. The minimum Gasteiger partial charge on any atom is -0.461 e. The van der Waals surface area contributed by atoms with E-state index in [-0.39, 0.29) is 5.97 Å². The van der Waals surface area contributed by atoms with Gasteiger partial charge in [-0.15, -0.1) is 0 Å². The highest BCUT2D eigenvalue weighted by atomic mass is 35.5. The average Bonchev–Trinajstić information content (AvgIpc) is 2.86. The third-order valence-electron chi connectivity index (χ3n) is 3.45. The van der Waals surface area contributed by atoms with Crippen molar-refractivity contribution in [3.63, 3.8) is 0 Å². The third kappa shape index (κ3) is 2.72. The Morgan fingerprint density at radius 3 is 2.86 bits per heavy atom. The monoisotopic (exact) mass is 331 g/mol. The zero-order valence-corrected chi connectivity index (χ0v) is 13.6. The Hall–Kier alpha value is -1.91. The molecule has 3 nitrogen and oxygen atoms in total. The Balaban J connectivity index is 2.24. The predicted octanol–water partition coefficient (Wildman–Crippen LogP) is 4.62. The maximum absolute atomic E-state index is 12.3. The van der Waals surface area contributed by atoms with Gasteiger partial charge in [-0.2, -0.15) is 0 Å². The summed E-state index contributed by atoms with van der Waals surface area (Å²) in [5.74, 6) is -0.379. The maximum atomic E-state index is 12.3. The number of aromatic amines is 1. The number of halogens is 1. The summed E-state index contributed by atoms with van der Waals surface area (Å²) in [5, 5.41) is 1.62. The van der Waals surface area contributed by atoms with Crippen LogP contribution in [0.2, 0.25) is 0 Å². The van der Waals surface area contributed by atoms with Gasteiger partial charge in [0.1, 0.15) is 5.69 Å². The van der Waals surface area contributed by atoms with E-state index in [0.29, 0.717) is 23.8 Å². The highest BCUT2D eigenvalue weighted by molar-refractivity contribution is 7.80. The summed E-state index contributed by atoms with van der Waals surface area (Å²) in [6.07, 6.45) is 4.31. The molecule has 0 bridgehead atoms. The van der Waals surface area contributed by atoms with Crippen LogP contribution in [0.25, 0.3) is 16.5 Å². The number of carbonyl (C=O) groups excluding carboxylic acids is 1. The molecule has 0 amide bonds. The number of esters is 1. The molecule has 0 saturated heterocycles. The number of fused-ring (bicyclic) bond motifs is 1. The molecular weight excluding hydrogens is 318 g/mol. The van der Waals surface area contributed by atoms with Gasteiger partial charge in [0.25, 0.3) is 0 Å². The number of H-pyrrole nitrogens is 1. The molecule has 1 aromatic carbocycles. The van der Waals surface area contributed by atoms with Crippen LogP contribution in [0.3, 0.4) is 0 Å². The number of nitrogens with one attached hydrogen (secondary N) is 1. The van der Waals surface area contributed by atoms with Crippen molar-refractivity contribution >= 4 is 51.1 Å². The predicted molar refractivity (Wildman–Crippen MR) is 93.4 cm³/mol. The van der Waals surface area contributed by atoms with Crippen LogP contribution in [0, 0.1) is 0 Å². The normalized spacial score (nSPS) is 14.7. The van der Waals surface area contributed by atoms with Gasteiger partial charge < -0.3 is 9.72 Å². The van der Waals surface area contributed by atoms with Gasteiger partial charge in [0.15, 0.2) is 0 Å². The van der Waals surface area contributed by atoms with Crippen molar-refractivity contribution < 1.29 is 9.53 Å². The summed E-state index contributed by atoms with van der Waals surface area (Å²) in [6, 6.07) is 7.74. The largest absolute Gasteiger partial charge is 0.461 e. The zero-order chi connectivity index (χ0) is 15.7. The molecule has 1 aliphatic carbocycles. The van der Waals surface area contributed by atoms with Gasteiger partial charge >= 0.3 is 5.97 Å². The Kier molecular flexibility index (Phi) is 4.14. The molecule has 1 heterocycles. The summed E-state index contributed by atoms with van der Waals surface area (Å²) < 4.78 is 5.16. The van der Waals surface area contributed by atoms with Crippen molar-refractivity contribution in [2.75, 3.05) is 6.61 Å². The van der Waals surface area contributed by atoms with Gasteiger partial charge in [-0.05, 0) is 30.7 Å². The Morgan fingerprint density at radius 1 is 1.36 bits per heavy atom. The Labute approximate surface area is 138 Å². The van der Waals surface area contributed by atoms with E-state index < -0.39 is 0 Å². The first kappa shape index (κ1) is 15.0. The molecule has 2 aromatic rings. The molecule has 3 rings (SSSR count). The summed E-state index contributed by atoms with van der Waals surface area (Å²) in [5.41, 5.74) is 2.93. The van der Waals surface area contributed by atoms with Gasteiger partial charge in [0, 0.05) is 32.8 Å². The number of thiocarbonyl (C=S) groups is 1. The van der Waals surface area contributed by atoms with E-state index >= 15 is 0 Å². The van der Waals surface area contributed by atoms with E-state index in [9.17, 15) is 4.79 Å². The lowest BCUT2D eigenvalue weighted by atomic mass is 9.96. The second kappa shape index (κ2) is 6.07. The molecule has 112 valence electrons. The topological polar surface area (TPSA) is 42.1 Å². The van der Waals surface area contributed by atoms with E-state index in [4.69, 9.17) is 28.6 Å². The third-order valence-corrected chi connectivity index (χ3v) is 3.95. The number of aromatic nitrogens is 1. The number of benzene rings is 1. The number of hydrogen-bond donors (Lipinski definition) is 1.